The summed E-state index contributed by atoms with van der Waals surface area (Å²) in [6.45, 7) is 5.30. The predicted octanol–water partition coefficient (Wildman–Crippen LogP) is 2.84. The predicted molar refractivity (Wildman–Crippen MR) is 112 cm³/mol. The molecule has 0 aliphatic carbocycles. The summed E-state index contributed by atoms with van der Waals surface area (Å²) in [7, 11) is 1.84. The third kappa shape index (κ3) is 6.07. The highest BCUT2D eigenvalue weighted by atomic mass is 15.2. The molecule has 2 atom stereocenters. The normalized spacial score (nSPS) is 21.0. The topological polar surface area (TPSA) is 52.6 Å². The number of guanidine groups is 1. The Balaban J connectivity index is 1.42. The fourth-order valence-corrected chi connectivity index (χ4v) is 3.65. The third-order valence-electron chi connectivity index (χ3n) is 5.21. The van der Waals surface area contributed by atoms with E-state index >= 15 is 0 Å². The Morgan fingerprint density at radius 3 is 2.70 bits per heavy atom. The standard InChI is InChI=1S/C22H31N5/c1-18-16-21(12-15-27(18)17-19-8-4-3-5-9-19)26-22(23-2)25-14-11-20-10-6-7-13-24-20/h3-10,13,18,21H,11-12,14-17H2,1-2H3,(H2,23,25,26). The smallest absolute Gasteiger partial charge is 0.191 e. The van der Waals surface area contributed by atoms with Crippen LogP contribution in [0.15, 0.2) is 59.7 Å². The zero-order valence-electron chi connectivity index (χ0n) is 16.4. The number of likely N-dealkylation sites (tertiary alicyclic amines) is 1. The minimum atomic E-state index is 0.466. The summed E-state index contributed by atoms with van der Waals surface area (Å²) < 4.78 is 0. The van der Waals surface area contributed by atoms with E-state index in [9.17, 15) is 0 Å². The van der Waals surface area contributed by atoms with Gasteiger partial charge >= 0.3 is 0 Å². The van der Waals surface area contributed by atoms with Gasteiger partial charge in [0.15, 0.2) is 5.96 Å². The lowest BCUT2D eigenvalue weighted by Crippen LogP contribution is -2.51. The van der Waals surface area contributed by atoms with Gasteiger partial charge in [-0.3, -0.25) is 14.9 Å². The van der Waals surface area contributed by atoms with Crippen molar-refractivity contribution in [2.45, 2.75) is 44.8 Å². The number of piperidine rings is 1. The van der Waals surface area contributed by atoms with Gasteiger partial charge in [-0.15, -0.1) is 0 Å². The molecule has 0 saturated carbocycles. The number of hydrogen-bond donors (Lipinski definition) is 2. The van der Waals surface area contributed by atoms with Gasteiger partial charge in [-0.25, -0.2) is 0 Å². The summed E-state index contributed by atoms with van der Waals surface area (Å²) in [6, 6.07) is 17.8. The first-order valence-electron chi connectivity index (χ1n) is 9.89. The molecule has 0 spiro atoms. The van der Waals surface area contributed by atoms with Crippen LogP contribution in [0, 0.1) is 0 Å². The van der Waals surface area contributed by atoms with Crippen molar-refractivity contribution < 1.29 is 0 Å². The van der Waals surface area contributed by atoms with Crippen LogP contribution in [0.25, 0.3) is 0 Å². The van der Waals surface area contributed by atoms with Crippen molar-refractivity contribution in [3.63, 3.8) is 0 Å². The maximum atomic E-state index is 4.39. The van der Waals surface area contributed by atoms with Gasteiger partial charge in [0, 0.05) is 57.1 Å². The van der Waals surface area contributed by atoms with Crippen LogP contribution in [0.4, 0.5) is 0 Å². The molecule has 2 aromatic rings. The second kappa shape index (κ2) is 10.1. The lowest BCUT2D eigenvalue weighted by atomic mass is 9.97. The summed E-state index contributed by atoms with van der Waals surface area (Å²) in [5, 5.41) is 7.01. The van der Waals surface area contributed by atoms with Crippen LogP contribution >= 0.6 is 0 Å². The van der Waals surface area contributed by atoms with Crippen LogP contribution in [-0.2, 0) is 13.0 Å². The fourth-order valence-electron chi connectivity index (χ4n) is 3.65. The van der Waals surface area contributed by atoms with Gasteiger partial charge < -0.3 is 10.6 Å². The molecule has 0 amide bonds. The first-order valence-corrected chi connectivity index (χ1v) is 9.89. The van der Waals surface area contributed by atoms with Gasteiger partial charge in [-0.2, -0.15) is 0 Å². The lowest BCUT2D eigenvalue weighted by molar-refractivity contribution is 0.134. The molecule has 144 valence electrons. The zero-order chi connectivity index (χ0) is 18.9. The molecular formula is C22H31N5. The Bertz CT molecular complexity index is 701. The second-order valence-electron chi connectivity index (χ2n) is 7.24. The van der Waals surface area contributed by atoms with Crippen molar-refractivity contribution in [2.24, 2.45) is 4.99 Å². The number of nitrogens with one attached hydrogen (secondary N) is 2. The molecule has 1 aromatic carbocycles. The monoisotopic (exact) mass is 365 g/mol. The number of nitrogens with zero attached hydrogens (tertiary/aromatic N) is 3. The first kappa shape index (κ1) is 19.4. The molecule has 1 aliphatic rings. The molecule has 2 N–H and O–H groups in total. The SMILES string of the molecule is CN=C(NCCc1ccccn1)NC1CCN(Cc2ccccc2)C(C)C1. The van der Waals surface area contributed by atoms with Crippen molar-refractivity contribution in [3.8, 4) is 0 Å². The van der Waals surface area contributed by atoms with Gasteiger partial charge in [0.1, 0.15) is 0 Å². The molecule has 1 aromatic heterocycles. The minimum absolute atomic E-state index is 0.466. The average molecular weight is 366 g/mol. The zero-order valence-corrected chi connectivity index (χ0v) is 16.4. The number of aliphatic imine (C=N–C) groups is 1. The van der Waals surface area contributed by atoms with Gasteiger partial charge in [0.2, 0.25) is 0 Å². The van der Waals surface area contributed by atoms with E-state index in [0.717, 1.165) is 50.6 Å². The molecule has 2 unspecified atom stereocenters. The van der Waals surface area contributed by atoms with Gasteiger partial charge in [-0.05, 0) is 37.5 Å². The Hall–Kier alpha value is -2.40. The fraction of sp³-hybridized carbons (Fsp3) is 0.455. The highest BCUT2D eigenvalue weighted by Gasteiger charge is 2.25. The molecule has 0 radical (unpaired) electrons. The van der Waals surface area contributed by atoms with E-state index in [2.05, 4.69) is 68.8 Å². The van der Waals surface area contributed by atoms with Crippen molar-refractivity contribution >= 4 is 5.96 Å². The van der Waals surface area contributed by atoms with E-state index in [1.165, 1.54) is 5.56 Å². The highest BCUT2D eigenvalue weighted by molar-refractivity contribution is 5.79. The van der Waals surface area contributed by atoms with E-state index in [4.69, 9.17) is 0 Å². The second-order valence-corrected chi connectivity index (χ2v) is 7.24. The number of rotatable bonds is 6. The van der Waals surface area contributed by atoms with Crippen LogP contribution in [0.3, 0.4) is 0 Å². The molecule has 27 heavy (non-hydrogen) atoms. The summed E-state index contributed by atoms with van der Waals surface area (Å²) in [4.78, 5) is 11.3. The van der Waals surface area contributed by atoms with Gasteiger partial charge in [0.25, 0.3) is 0 Å². The van der Waals surface area contributed by atoms with Crippen molar-refractivity contribution in [1.82, 2.24) is 20.5 Å². The van der Waals surface area contributed by atoms with Crippen LogP contribution in [0.2, 0.25) is 0 Å². The molecule has 0 bridgehead atoms. The maximum Gasteiger partial charge on any atom is 0.191 e. The molecule has 2 heterocycles. The largest absolute Gasteiger partial charge is 0.356 e. The van der Waals surface area contributed by atoms with Crippen molar-refractivity contribution in [2.75, 3.05) is 20.1 Å². The summed E-state index contributed by atoms with van der Waals surface area (Å²) >= 11 is 0. The molecular weight excluding hydrogens is 334 g/mol. The molecule has 1 aliphatic heterocycles. The van der Waals surface area contributed by atoms with Gasteiger partial charge in [0.05, 0.1) is 0 Å². The van der Waals surface area contributed by atoms with E-state index in [0.29, 0.717) is 12.1 Å². The van der Waals surface area contributed by atoms with Crippen molar-refractivity contribution in [1.29, 1.82) is 0 Å². The minimum Gasteiger partial charge on any atom is -0.356 e. The third-order valence-corrected chi connectivity index (χ3v) is 5.21. The van der Waals surface area contributed by atoms with E-state index < -0.39 is 0 Å². The Morgan fingerprint density at radius 2 is 2.00 bits per heavy atom. The first-order chi connectivity index (χ1) is 13.2. The van der Waals surface area contributed by atoms with Crippen LogP contribution in [0.5, 0.6) is 0 Å². The maximum absolute atomic E-state index is 4.39. The van der Waals surface area contributed by atoms with E-state index in [-0.39, 0.29) is 0 Å². The molecule has 5 heteroatoms. The molecule has 1 fully saturated rings. The Morgan fingerprint density at radius 1 is 1.19 bits per heavy atom. The lowest BCUT2D eigenvalue weighted by Gasteiger charge is -2.38. The molecule has 3 rings (SSSR count). The van der Waals surface area contributed by atoms with E-state index in [1.54, 1.807) is 0 Å². The summed E-state index contributed by atoms with van der Waals surface area (Å²) in [6.07, 6.45) is 5.01. The quantitative estimate of drug-likeness (QED) is 0.611. The molecule has 1 saturated heterocycles. The summed E-state index contributed by atoms with van der Waals surface area (Å²) in [5.74, 6) is 0.889. The van der Waals surface area contributed by atoms with Crippen LogP contribution < -0.4 is 10.6 Å². The Labute approximate surface area is 162 Å². The number of benzene rings is 1. The van der Waals surface area contributed by atoms with Gasteiger partial charge in [-0.1, -0.05) is 36.4 Å². The number of pyridine rings is 1. The van der Waals surface area contributed by atoms with E-state index in [1.807, 2.05) is 25.4 Å². The number of aromatic nitrogens is 1. The number of hydrogen-bond acceptors (Lipinski definition) is 3. The van der Waals surface area contributed by atoms with Crippen molar-refractivity contribution in [3.05, 3.63) is 66.0 Å². The highest BCUT2D eigenvalue weighted by Crippen LogP contribution is 2.19. The molecule has 5 nitrogen and oxygen atoms in total. The Kier molecular flexibility index (Phi) is 7.22. The van der Waals surface area contributed by atoms with Crippen LogP contribution in [-0.4, -0.2) is 48.1 Å². The average Bonchev–Trinajstić information content (AvgIpc) is 2.71. The van der Waals surface area contributed by atoms with Crippen LogP contribution in [0.1, 0.15) is 31.0 Å². The summed E-state index contributed by atoms with van der Waals surface area (Å²) in [5.41, 5.74) is 2.49.